The van der Waals surface area contributed by atoms with Crippen molar-refractivity contribution in [1.29, 1.82) is 0 Å². The molecule has 1 saturated heterocycles. The van der Waals surface area contributed by atoms with E-state index in [1.165, 1.54) is 22.3 Å². The number of carbonyl (C=O) groups is 1. The molecule has 3 aliphatic rings. The normalized spacial score (nSPS) is 18.0. The van der Waals surface area contributed by atoms with Gasteiger partial charge in [0.15, 0.2) is 0 Å². The number of fused-ring (bicyclic) bond motifs is 3. The maximum Gasteiger partial charge on any atom is 0.253 e. The molecule has 1 aromatic carbocycles. The van der Waals surface area contributed by atoms with E-state index in [2.05, 4.69) is 62.8 Å². The molecule has 202 valence electrons. The number of benzene rings is 1. The van der Waals surface area contributed by atoms with Crippen LogP contribution in [0, 0.1) is 5.92 Å². The number of amides is 1. The average molecular weight is 524 g/mol. The first-order valence-corrected chi connectivity index (χ1v) is 14.2. The Hall–Kier alpha value is -3.87. The quantitative estimate of drug-likeness (QED) is 0.416. The van der Waals surface area contributed by atoms with Gasteiger partial charge >= 0.3 is 0 Å². The zero-order chi connectivity index (χ0) is 26.8. The van der Waals surface area contributed by atoms with Gasteiger partial charge in [-0.25, -0.2) is 9.97 Å². The number of aromatic nitrogens is 3. The molecule has 0 spiro atoms. The number of ether oxygens (including phenoxy) is 1. The lowest BCUT2D eigenvalue weighted by Gasteiger charge is -2.30. The fourth-order valence-corrected chi connectivity index (χ4v) is 6.02. The van der Waals surface area contributed by atoms with Crippen LogP contribution in [0.3, 0.4) is 0 Å². The molecule has 1 aliphatic carbocycles. The monoisotopic (exact) mass is 523 g/mol. The standard InChI is InChI=1S/C32H37N5O2/c1-3-39-26-7-4-6-24(8-10-26)21-37-29-11-9-25(31(38)35-17-12-23(2)13-18-35)20-27(29)28-22-36(19-14-30(28)37)32-33-15-5-16-34-32/h4-5,7-11,15-16,20,23H,3,6,12-14,17-19,21-22H2,1-2H3. The topological polar surface area (TPSA) is 63.5 Å². The largest absolute Gasteiger partial charge is 0.494 e. The van der Waals surface area contributed by atoms with Crippen LogP contribution in [0.2, 0.25) is 0 Å². The molecule has 3 aromatic rings. The summed E-state index contributed by atoms with van der Waals surface area (Å²) in [7, 11) is 0. The second kappa shape index (κ2) is 11.1. The average Bonchev–Trinajstić information content (AvgIpc) is 3.10. The summed E-state index contributed by atoms with van der Waals surface area (Å²) in [6.45, 7) is 9.03. The summed E-state index contributed by atoms with van der Waals surface area (Å²) in [6.07, 6.45) is 16.1. The maximum atomic E-state index is 13.5. The van der Waals surface area contributed by atoms with Gasteiger partial charge in [0.05, 0.1) is 6.61 Å². The molecular weight excluding hydrogens is 486 g/mol. The minimum atomic E-state index is 0.148. The Morgan fingerprint density at radius 2 is 1.92 bits per heavy atom. The number of likely N-dealkylation sites (tertiary alicyclic amines) is 1. The minimum Gasteiger partial charge on any atom is -0.494 e. The third-order valence-corrected chi connectivity index (χ3v) is 8.22. The predicted octanol–water partition coefficient (Wildman–Crippen LogP) is 5.67. The van der Waals surface area contributed by atoms with Gasteiger partial charge in [0.2, 0.25) is 5.95 Å². The Balaban J connectivity index is 1.38. The Morgan fingerprint density at radius 1 is 1.10 bits per heavy atom. The SMILES string of the molecule is CCOC1=CC=C(Cn2c3c(c4cc(C(=O)N5CCC(C)CC5)ccc42)CN(c2ncccn2)CC3)CC=C1. The molecular formula is C32H37N5O2. The molecule has 0 bridgehead atoms. The minimum absolute atomic E-state index is 0.148. The molecule has 6 rings (SSSR count). The Bertz CT molecular complexity index is 1440. The van der Waals surface area contributed by atoms with E-state index in [1.807, 2.05) is 24.0 Å². The highest BCUT2D eigenvalue weighted by atomic mass is 16.5. The van der Waals surface area contributed by atoms with E-state index in [9.17, 15) is 4.79 Å². The van der Waals surface area contributed by atoms with Crippen molar-refractivity contribution in [3.05, 3.63) is 89.1 Å². The first-order chi connectivity index (χ1) is 19.1. The third kappa shape index (κ3) is 5.22. The number of rotatable bonds is 6. The first kappa shape index (κ1) is 25.4. The van der Waals surface area contributed by atoms with E-state index >= 15 is 0 Å². The Kier molecular flexibility index (Phi) is 7.22. The highest BCUT2D eigenvalue weighted by molar-refractivity contribution is 5.99. The van der Waals surface area contributed by atoms with Crippen molar-refractivity contribution in [2.75, 3.05) is 31.1 Å². The van der Waals surface area contributed by atoms with Gasteiger partial charge in [0.25, 0.3) is 5.91 Å². The van der Waals surface area contributed by atoms with Crippen LogP contribution >= 0.6 is 0 Å². The second-order valence-electron chi connectivity index (χ2n) is 10.9. The Morgan fingerprint density at radius 3 is 2.72 bits per heavy atom. The lowest BCUT2D eigenvalue weighted by atomic mass is 9.98. The summed E-state index contributed by atoms with van der Waals surface area (Å²) in [5.74, 6) is 2.50. The van der Waals surface area contributed by atoms with Crippen LogP contribution in [0.15, 0.2) is 72.3 Å². The third-order valence-electron chi connectivity index (χ3n) is 8.22. The number of hydrogen-bond acceptors (Lipinski definition) is 5. The molecule has 2 aliphatic heterocycles. The zero-order valence-electron chi connectivity index (χ0n) is 23.0. The molecule has 4 heterocycles. The lowest BCUT2D eigenvalue weighted by molar-refractivity contribution is 0.0697. The predicted molar refractivity (Wildman–Crippen MR) is 155 cm³/mol. The second-order valence-corrected chi connectivity index (χ2v) is 10.9. The van der Waals surface area contributed by atoms with Gasteiger partial charge < -0.3 is 19.1 Å². The van der Waals surface area contributed by atoms with Crippen LogP contribution in [0.1, 0.15) is 54.7 Å². The zero-order valence-corrected chi connectivity index (χ0v) is 23.0. The number of carbonyl (C=O) groups excluding carboxylic acids is 1. The van der Waals surface area contributed by atoms with Crippen molar-refractivity contribution >= 4 is 22.8 Å². The molecule has 0 N–H and O–H groups in total. The summed E-state index contributed by atoms with van der Waals surface area (Å²) < 4.78 is 8.18. The van der Waals surface area contributed by atoms with Gasteiger partial charge in [-0.1, -0.05) is 19.1 Å². The van der Waals surface area contributed by atoms with Crippen molar-refractivity contribution in [3.8, 4) is 0 Å². The maximum absolute atomic E-state index is 13.5. The number of nitrogens with zero attached hydrogens (tertiary/aromatic N) is 5. The van der Waals surface area contributed by atoms with Crippen molar-refractivity contribution in [3.63, 3.8) is 0 Å². The number of allylic oxidation sites excluding steroid dienone is 5. The van der Waals surface area contributed by atoms with Crippen molar-refractivity contribution in [1.82, 2.24) is 19.4 Å². The van der Waals surface area contributed by atoms with Crippen LogP contribution in [0.5, 0.6) is 0 Å². The van der Waals surface area contributed by atoms with Crippen LogP contribution in [0.4, 0.5) is 5.95 Å². The first-order valence-electron chi connectivity index (χ1n) is 14.2. The van der Waals surface area contributed by atoms with Gasteiger partial charge in [-0.05, 0) is 74.1 Å². The van der Waals surface area contributed by atoms with E-state index in [0.29, 0.717) is 12.5 Å². The number of anilines is 1. The number of hydrogen-bond donors (Lipinski definition) is 0. The Labute approximate surface area is 230 Å². The highest BCUT2D eigenvalue weighted by Crippen LogP contribution is 2.34. The molecule has 7 heteroatoms. The number of piperidine rings is 1. The van der Waals surface area contributed by atoms with Gasteiger partial charge in [-0.3, -0.25) is 4.79 Å². The fourth-order valence-electron chi connectivity index (χ4n) is 6.02. The molecule has 0 unspecified atom stereocenters. The molecule has 1 fully saturated rings. The fraction of sp³-hybridized carbons (Fsp3) is 0.406. The summed E-state index contributed by atoms with van der Waals surface area (Å²) >= 11 is 0. The summed E-state index contributed by atoms with van der Waals surface area (Å²) in [5, 5.41) is 1.16. The molecule has 0 saturated carbocycles. The van der Waals surface area contributed by atoms with Crippen molar-refractivity contribution in [2.24, 2.45) is 5.92 Å². The molecule has 39 heavy (non-hydrogen) atoms. The van der Waals surface area contributed by atoms with Crippen LogP contribution < -0.4 is 4.90 Å². The molecule has 1 amide bonds. The van der Waals surface area contributed by atoms with Gasteiger partial charge in [-0.15, -0.1) is 0 Å². The van der Waals surface area contributed by atoms with Gasteiger partial charge in [0.1, 0.15) is 5.76 Å². The van der Waals surface area contributed by atoms with Gasteiger partial charge in [0, 0.05) is 79.3 Å². The molecule has 0 atom stereocenters. The van der Waals surface area contributed by atoms with Gasteiger partial charge in [-0.2, -0.15) is 0 Å². The molecule has 7 nitrogen and oxygen atoms in total. The van der Waals surface area contributed by atoms with E-state index in [-0.39, 0.29) is 5.91 Å². The summed E-state index contributed by atoms with van der Waals surface area (Å²) in [6, 6.07) is 8.17. The van der Waals surface area contributed by atoms with Crippen LogP contribution in [-0.2, 0) is 24.2 Å². The molecule has 0 radical (unpaired) electrons. The summed E-state index contributed by atoms with van der Waals surface area (Å²) in [4.78, 5) is 26.8. The van der Waals surface area contributed by atoms with Crippen LogP contribution in [-0.4, -0.2) is 51.6 Å². The van der Waals surface area contributed by atoms with E-state index in [0.717, 1.165) is 81.1 Å². The van der Waals surface area contributed by atoms with Crippen molar-refractivity contribution < 1.29 is 9.53 Å². The van der Waals surface area contributed by atoms with E-state index in [4.69, 9.17) is 4.74 Å². The molecule has 2 aromatic heterocycles. The van der Waals surface area contributed by atoms with E-state index < -0.39 is 0 Å². The highest BCUT2D eigenvalue weighted by Gasteiger charge is 2.27. The van der Waals surface area contributed by atoms with Crippen LogP contribution in [0.25, 0.3) is 10.9 Å². The smallest absolute Gasteiger partial charge is 0.253 e. The van der Waals surface area contributed by atoms with E-state index in [1.54, 1.807) is 12.4 Å². The van der Waals surface area contributed by atoms with Crippen molar-refractivity contribution in [2.45, 2.75) is 52.6 Å². The lowest BCUT2D eigenvalue weighted by Crippen LogP contribution is -2.37. The summed E-state index contributed by atoms with van der Waals surface area (Å²) in [5.41, 5.74) is 5.92.